The van der Waals surface area contributed by atoms with Crippen molar-refractivity contribution in [2.75, 3.05) is 12.8 Å². The molecule has 2 amide bonds. The lowest BCUT2D eigenvalue weighted by molar-refractivity contribution is -0.138. The molecule has 5 heteroatoms. The molecular weight excluding hydrogens is 344 g/mol. The van der Waals surface area contributed by atoms with Crippen molar-refractivity contribution in [2.24, 2.45) is 0 Å². The van der Waals surface area contributed by atoms with E-state index in [2.05, 4.69) is 17.4 Å². The van der Waals surface area contributed by atoms with E-state index >= 15 is 0 Å². The fourth-order valence-electron chi connectivity index (χ4n) is 2.71. The Hall–Kier alpha value is -2.27. The molecule has 1 N–H and O–H groups in total. The number of rotatable bonds is 8. The molecule has 0 aliphatic carbocycles. The van der Waals surface area contributed by atoms with Crippen LogP contribution >= 0.6 is 11.8 Å². The first kappa shape index (κ1) is 20.0. The van der Waals surface area contributed by atoms with Gasteiger partial charge < -0.3 is 10.2 Å². The highest BCUT2D eigenvalue weighted by molar-refractivity contribution is 7.99. The molecule has 0 saturated carbocycles. The molecule has 0 saturated heterocycles. The molecule has 0 spiro atoms. The summed E-state index contributed by atoms with van der Waals surface area (Å²) in [6, 6.07) is 17.6. The van der Waals surface area contributed by atoms with Gasteiger partial charge in [-0.1, -0.05) is 60.2 Å². The summed E-state index contributed by atoms with van der Waals surface area (Å²) < 4.78 is 0. The quantitative estimate of drug-likeness (QED) is 0.775. The number of nitrogens with zero attached hydrogens (tertiary/aromatic N) is 1. The van der Waals surface area contributed by atoms with Gasteiger partial charge in [0.15, 0.2) is 0 Å². The van der Waals surface area contributed by atoms with Crippen molar-refractivity contribution < 1.29 is 9.59 Å². The van der Waals surface area contributed by atoms with Gasteiger partial charge in [0.25, 0.3) is 0 Å². The third-order valence-electron chi connectivity index (χ3n) is 4.19. The fourth-order valence-corrected chi connectivity index (χ4v) is 3.58. The molecule has 4 nitrogen and oxygen atoms in total. The van der Waals surface area contributed by atoms with E-state index < -0.39 is 6.04 Å². The number of hydrogen-bond acceptors (Lipinski definition) is 3. The van der Waals surface area contributed by atoms with Crippen LogP contribution in [0.5, 0.6) is 0 Å². The Morgan fingerprint density at radius 2 is 1.77 bits per heavy atom. The SMILES string of the molecule is CNC(=O)C(C)N(Cc1cccc(C)c1)C(=O)CSCc1ccccc1. The molecule has 2 aromatic carbocycles. The summed E-state index contributed by atoms with van der Waals surface area (Å²) in [5, 5.41) is 2.64. The summed E-state index contributed by atoms with van der Waals surface area (Å²) in [7, 11) is 1.60. The molecule has 0 aliphatic rings. The van der Waals surface area contributed by atoms with E-state index in [1.165, 1.54) is 5.56 Å². The average Bonchev–Trinajstić information content (AvgIpc) is 2.65. The summed E-state index contributed by atoms with van der Waals surface area (Å²) in [4.78, 5) is 26.6. The first-order valence-electron chi connectivity index (χ1n) is 8.69. The topological polar surface area (TPSA) is 49.4 Å². The van der Waals surface area contributed by atoms with Crippen LogP contribution in [0.1, 0.15) is 23.6 Å². The molecule has 0 aliphatic heterocycles. The number of carbonyl (C=O) groups excluding carboxylic acids is 2. The van der Waals surface area contributed by atoms with Crippen molar-refractivity contribution >= 4 is 23.6 Å². The molecular formula is C21H26N2O2S. The molecule has 138 valence electrons. The molecule has 0 aromatic heterocycles. The van der Waals surface area contributed by atoms with Crippen LogP contribution in [0.2, 0.25) is 0 Å². The van der Waals surface area contributed by atoms with Crippen LogP contribution in [-0.4, -0.2) is 35.6 Å². The monoisotopic (exact) mass is 370 g/mol. The second-order valence-electron chi connectivity index (χ2n) is 6.28. The van der Waals surface area contributed by atoms with E-state index in [-0.39, 0.29) is 11.8 Å². The standard InChI is InChI=1S/C21H26N2O2S/c1-16-8-7-11-19(12-16)13-23(17(2)21(25)22-3)20(24)15-26-14-18-9-5-4-6-10-18/h4-12,17H,13-15H2,1-3H3,(H,22,25). The maximum atomic E-state index is 12.8. The minimum atomic E-state index is -0.509. The van der Waals surface area contributed by atoms with Crippen LogP contribution < -0.4 is 5.32 Å². The molecule has 26 heavy (non-hydrogen) atoms. The van der Waals surface area contributed by atoms with Gasteiger partial charge in [-0.25, -0.2) is 0 Å². The molecule has 1 unspecified atom stereocenters. The fraction of sp³-hybridized carbons (Fsp3) is 0.333. The summed E-state index contributed by atoms with van der Waals surface area (Å²) >= 11 is 1.57. The van der Waals surface area contributed by atoms with E-state index in [1.54, 1.807) is 30.6 Å². The molecule has 0 heterocycles. The van der Waals surface area contributed by atoms with Crippen LogP contribution in [0.15, 0.2) is 54.6 Å². The highest BCUT2D eigenvalue weighted by atomic mass is 32.2. The Morgan fingerprint density at radius 1 is 1.08 bits per heavy atom. The van der Waals surface area contributed by atoms with Crippen molar-refractivity contribution in [1.29, 1.82) is 0 Å². The molecule has 0 bridgehead atoms. The molecule has 1 atom stereocenters. The maximum Gasteiger partial charge on any atom is 0.242 e. The first-order valence-corrected chi connectivity index (χ1v) is 9.85. The van der Waals surface area contributed by atoms with E-state index in [0.29, 0.717) is 12.3 Å². The third kappa shape index (κ3) is 5.92. The maximum absolute atomic E-state index is 12.8. The van der Waals surface area contributed by atoms with Gasteiger partial charge in [-0.3, -0.25) is 9.59 Å². The van der Waals surface area contributed by atoms with Crippen molar-refractivity contribution in [3.8, 4) is 0 Å². The zero-order valence-corrected chi connectivity index (χ0v) is 16.4. The summed E-state index contributed by atoms with van der Waals surface area (Å²) in [6.07, 6.45) is 0. The molecule has 0 radical (unpaired) electrons. The van der Waals surface area contributed by atoms with Crippen LogP contribution in [0.25, 0.3) is 0 Å². The van der Waals surface area contributed by atoms with Crippen molar-refractivity contribution in [3.63, 3.8) is 0 Å². The number of likely N-dealkylation sites (N-methyl/N-ethyl adjacent to an activating group) is 1. The number of carbonyl (C=O) groups is 2. The summed E-state index contributed by atoms with van der Waals surface area (Å²) in [5.74, 6) is 0.948. The van der Waals surface area contributed by atoms with Crippen LogP contribution in [-0.2, 0) is 21.9 Å². The number of amides is 2. The van der Waals surface area contributed by atoms with Crippen molar-refractivity contribution in [3.05, 3.63) is 71.3 Å². The Morgan fingerprint density at radius 3 is 2.42 bits per heavy atom. The van der Waals surface area contributed by atoms with Gasteiger partial charge in [-0.05, 0) is 25.0 Å². The first-order chi connectivity index (χ1) is 12.5. The van der Waals surface area contributed by atoms with Gasteiger partial charge in [0.1, 0.15) is 6.04 Å². The lowest BCUT2D eigenvalue weighted by atomic mass is 10.1. The van der Waals surface area contributed by atoms with Gasteiger partial charge in [0.2, 0.25) is 11.8 Å². The van der Waals surface area contributed by atoms with Gasteiger partial charge in [-0.15, -0.1) is 11.8 Å². The number of benzene rings is 2. The largest absolute Gasteiger partial charge is 0.357 e. The minimum absolute atomic E-state index is 0.0245. The van der Waals surface area contributed by atoms with E-state index in [0.717, 1.165) is 16.9 Å². The highest BCUT2D eigenvalue weighted by Gasteiger charge is 2.25. The Labute approximate surface area is 160 Å². The molecule has 2 aromatic rings. The summed E-state index contributed by atoms with van der Waals surface area (Å²) in [6.45, 7) is 4.23. The predicted molar refractivity (Wildman–Crippen MR) is 108 cm³/mol. The minimum Gasteiger partial charge on any atom is -0.357 e. The number of thioether (sulfide) groups is 1. The van der Waals surface area contributed by atoms with E-state index in [9.17, 15) is 9.59 Å². The van der Waals surface area contributed by atoms with E-state index in [4.69, 9.17) is 0 Å². The van der Waals surface area contributed by atoms with Crippen molar-refractivity contribution in [2.45, 2.75) is 32.2 Å². The predicted octanol–water partition coefficient (Wildman–Crippen LogP) is 3.39. The second kappa shape index (κ2) is 10.0. The highest BCUT2D eigenvalue weighted by Crippen LogP contribution is 2.16. The normalized spacial score (nSPS) is 11.7. The molecule has 0 fully saturated rings. The van der Waals surface area contributed by atoms with Crippen molar-refractivity contribution in [1.82, 2.24) is 10.2 Å². The van der Waals surface area contributed by atoms with Gasteiger partial charge in [0, 0.05) is 19.3 Å². The van der Waals surface area contributed by atoms with Crippen LogP contribution in [0.3, 0.4) is 0 Å². The Bertz CT molecular complexity index is 734. The summed E-state index contributed by atoms with van der Waals surface area (Å²) in [5.41, 5.74) is 3.36. The Kier molecular flexibility index (Phi) is 7.73. The number of nitrogens with one attached hydrogen (secondary N) is 1. The smallest absolute Gasteiger partial charge is 0.242 e. The lowest BCUT2D eigenvalue weighted by Crippen LogP contribution is -2.47. The van der Waals surface area contributed by atoms with Gasteiger partial charge >= 0.3 is 0 Å². The second-order valence-corrected chi connectivity index (χ2v) is 7.26. The number of hydrogen-bond donors (Lipinski definition) is 1. The zero-order chi connectivity index (χ0) is 18.9. The van der Waals surface area contributed by atoms with Crippen LogP contribution in [0, 0.1) is 6.92 Å². The zero-order valence-electron chi connectivity index (χ0n) is 15.6. The molecule has 2 rings (SSSR count). The number of aryl methyl sites for hydroxylation is 1. The van der Waals surface area contributed by atoms with Gasteiger partial charge in [-0.2, -0.15) is 0 Å². The van der Waals surface area contributed by atoms with Gasteiger partial charge in [0.05, 0.1) is 5.75 Å². The average molecular weight is 371 g/mol. The van der Waals surface area contributed by atoms with E-state index in [1.807, 2.05) is 49.4 Å². The Balaban J connectivity index is 2.04. The van der Waals surface area contributed by atoms with Crippen LogP contribution in [0.4, 0.5) is 0 Å². The third-order valence-corrected chi connectivity index (χ3v) is 5.17. The lowest BCUT2D eigenvalue weighted by Gasteiger charge is -2.28.